The standard InChI is InChI=1S/C16H17N3O4/c17-15(21)16(22)6-8-19(9-7-16)14(20)13-10-12(18-23-13)11-4-2-1-3-5-11/h1-5,10,22H,6-9H2,(H2,17,21). The first kappa shape index (κ1) is 15.2. The number of aliphatic hydroxyl groups is 1. The zero-order chi connectivity index (χ0) is 16.4. The molecule has 23 heavy (non-hydrogen) atoms. The number of carbonyl (C=O) groups excluding carboxylic acids is 2. The van der Waals surface area contributed by atoms with Crippen LogP contribution in [0.4, 0.5) is 0 Å². The van der Waals surface area contributed by atoms with E-state index in [9.17, 15) is 14.7 Å². The fourth-order valence-corrected chi connectivity index (χ4v) is 2.60. The predicted molar refractivity (Wildman–Crippen MR) is 81.2 cm³/mol. The van der Waals surface area contributed by atoms with Gasteiger partial charge in [-0.2, -0.15) is 0 Å². The van der Waals surface area contributed by atoms with Crippen LogP contribution in [0.1, 0.15) is 23.4 Å². The van der Waals surface area contributed by atoms with Crippen molar-refractivity contribution in [1.29, 1.82) is 0 Å². The van der Waals surface area contributed by atoms with Gasteiger partial charge in [-0.05, 0) is 0 Å². The highest BCUT2D eigenvalue weighted by molar-refractivity contribution is 5.93. The summed E-state index contributed by atoms with van der Waals surface area (Å²) in [6, 6.07) is 11.0. The molecule has 7 heteroatoms. The van der Waals surface area contributed by atoms with Crippen LogP contribution in [0.25, 0.3) is 11.3 Å². The smallest absolute Gasteiger partial charge is 0.292 e. The van der Waals surface area contributed by atoms with Gasteiger partial charge in [0.25, 0.3) is 5.91 Å². The zero-order valence-electron chi connectivity index (χ0n) is 12.4. The van der Waals surface area contributed by atoms with E-state index in [-0.39, 0.29) is 37.6 Å². The number of rotatable bonds is 3. The number of hydrogen-bond donors (Lipinski definition) is 2. The summed E-state index contributed by atoms with van der Waals surface area (Å²) < 4.78 is 5.14. The van der Waals surface area contributed by atoms with E-state index in [2.05, 4.69) is 5.16 Å². The molecular weight excluding hydrogens is 298 g/mol. The van der Waals surface area contributed by atoms with Gasteiger partial charge in [-0.1, -0.05) is 35.5 Å². The number of benzene rings is 1. The highest BCUT2D eigenvalue weighted by atomic mass is 16.5. The van der Waals surface area contributed by atoms with E-state index < -0.39 is 11.5 Å². The van der Waals surface area contributed by atoms with Crippen molar-refractivity contribution in [2.24, 2.45) is 5.73 Å². The van der Waals surface area contributed by atoms with Crippen molar-refractivity contribution in [1.82, 2.24) is 10.1 Å². The van der Waals surface area contributed by atoms with E-state index in [4.69, 9.17) is 10.3 Å². The van der Waals surface area contributed by atoms with Gasteiger partial charge in [0.1, 0.15) is 11.3 Å². The van der Waals surface area contributed by atoms with Crippen molar-refractivity contribution in [3.63, 3.8) is 0 Å². The molecule has 2 heterocycles. The average Bonchev–Trinajstić information content (AvgIpc) is 3.05. The minimum Gasteiger partial charge on any atom is -0.380 e. The van der Waals surface area contributed by atoms with E-state index in [1.165, 1.54) is 4.90 Å². The van der Waals surface area contributed by atoms with Crippen LogP contribution in [0.2, 0.25) is 0 Å². The first-order chi connectivity index (χ1) is 11.0. The molecular formula is C16H17N3O4. The van der Waals surface area contributed by atoms with Crippen LogP contribution in [0.5, 0.6) is 0 Å². The van der Waals surface area contributed by atoms with Crippen LogP contribution in [0.15, 0.2) is 40.9 Å². The van der Waals surface area contributed by atoms with Crippen LogP contribution in [-0.2, 0) is 4.79 Å². The van der Waals surface area contributed by atoms with Gasteiger partial charge >= 0.3 is 0 Å². The molecule has 0 atom stereocenters. The van der Waals surface area contributed by atoms with Crippen LogP contribution in [0.3, 0.4) is 0 Å². The molecule has 1 aliphatic heterocycles. The van der Waals surface area contributed by atoms with Gasteiger partial charge in [-0.25, -0.2) is 0 Å². The molecule has 3 rings (SSSR count). The number of carbonyl (C=O) groups is 2. The minimum absolute atomic E-state index is 0.119. The van der Waals surface area contributed by atoms with Crippen LogP contribution < -0.4 is 5.73 Å². The van der Waals surface area contributed by atoms with E-state index in [0.717, 1.165) is 5.56 Å². The lowest BCUT2D eigenvalue weighted by Crippen LogP contribution is -2.53. The molecule has 1 aliphatic rings. The third kappa shape index (κ3) is 2.95. The number of aromatic nitrogens is 1. The monoisotopic (exact) mass is 315 g/mol. The summed E-state index contributed by atoms with van der Waals surface area (Å²) in [5.74, 6) is -0.935. The van der Waals surface area contributed by atoms with Gasteiger partial charge < -0.3 is 20.3 Å². The molecule has 120 valence electrons. The molecule has 0 radical (unpaired) electrons. The molecule has 0 saturated carbocycles. The van der Waals surface area contributed by atoms with Gasteiger partial charge in [0.2, 0.25) is 11.7 Å². The fraction of sp³-hybridized carbons (Fsp3) is 0.312. The number of amides is 2. The second-order valence-corrected chi connectivity index (χ2v) is 5.63. The molecule has 2 aromatic rings. The van der Waals surface area contributed by atoms with E-state index in [1.807, 2.05) is 30.3 Å². The Morgan fingerprint density at radius 1 is 1.22 bits per heavy atom. The molecule has 3 N–H and O–H groups in total. The number of nitrogens with zero attached hydrogens (tertiary/aromatic N) is 2. The quantitative estimate of drug-likeness (QED) is 0.870. The largest absolute Gasteiger partial charge is 0.380 e. The van der Waals surface area contributed by atoms with Crippen molar-refractivity contribution in [3.05, 3.63) is 42.2 Å². The highest BCUT2D eigenvalue weighted by Gasteiger charge is 2.39. The summed E-state index contributed by atoms with van der Waals surface area (Å²) in [5, 5.41) is 13.9. The SMILES string of the molecule is NC(=O)C1(O)CCN(C(=O)c2cc(-c3ccccc3)no2)CC1. The van der Waals surface area contributed by atoms with Crippen molar-refractivity contribution >= 4 is 11.8 Å². The van der Waals surface area contributed by atoms with Crippen LogP contribution in [-0.4, -0.2) is 45.7 Å². The summed E-state index contributed by atoms with van der Waals surface area (Å²) >= 11 is 0. The Hall–Kier alpha value is -2.67. The fourth-order valence-electron chi connectivity index (χ4n) is 2.60. The third-order valence-electron chi connectivity index (χ3n) is 4.13. The third-order valence-corrected chi connectivity index (χ3v) is 4.13. The summed E-state index contributed by atoms with van der Waals surface area (Å²) in [4.78, 5) is 25.2. The second kappa shape index (κ2) is 5.85. The molecule has 0 bridgehead atoms. The summed E-state index contributed by atoms with van der Waals surface area (Å²) in [6.45, 7) is 0.472. The van der Waals surface area contributed by atoms with Gasteiger partial charge in [0.15, 0.2) is 0 Å². The van der Waals surface area contributed by atoms with Gasteiger partial charge in [-0.3, -0.25) is 9.59 Å². The molecule has 1 fully saturated rings. The Bertz CT molecular complexity index is 718. The first-order valence-corrected chi connectivity index (χ1v) is 7.33. The van der Waals surface area contributed by atoms with Crippen LogP contribution >= 0.6 is 0 Å². The van der Waals surface area contributed by atoms with Gasteiger partial charge in [0, 0.05) is 37.6 Å². The lowest BCUT2D eigenvalue weighted by atomic mass is 9.91. The minimum atomic E-state index is -1.53. The molecule has 7 nitrogen and oxygen atoms in total. The van der Waals surface area contributed by atoms with Crippen molar-refractivity contribution in [2.75, 3.05) is 13.1 Å². The maximum absolute atomic E-state index is 12.4. The highest BCUT2D eigenvalue weighted by Crippen LogP contribution is 2.24. The number of hydrogen-bond acceptors (Lipinski definition) is 5. The Morgan fingerprint density at radius 2 is 1.87 bits per heavy atom. The molecule has 2 amide bonds. The van der Waals surface area contributed by atoms with E-state index in [1.54, 1.807) is 6.07 Å². The molecule has 1 aromatic carbocycles. The maximum Gasteiger partial charge on any atom is 0.292 e. The van der Waals surface area contributed by atoms with E-state index >= 15 is 0 Å². The average molecular weight is 315 g/mol. The van der Waals surface area contributed by atoms with Gasteiger partial charge in [-0.15, -0.1) is 0 Å². The first-order valence-electron chi connectivity index (χ1n) is 7.33. The molecule has 0 aliphatic carbocycles. The van der Waals surface area contributed by atoms with E-state index in [0.29, 0.717) is 5.69 Å². The normalized spacial score (nSPS) is 17.0. The Kier molecular flexibility index (Phi) is 3.87. The number of primary amides is 1. The van der Waals surface area contributed by atoms with Crippen molar-refractivity contribution in [3.8, 4) is 11.3 Å². The number of piperidine rings is 1. The predicted octanol–water partition coefficient (Wildman–Crippen LogP) is 0.794. The Labute approximate surface area is 132 Å². The topological polar surface area (TPSA) is 110 Å². The summed E-state index contributed by atoms with van der Waals surface area (Å²) in [6.07, 6.45) is 0.238. The van der Waals surface area contributed by atoms with Gasteiger partial charge in [0.05, 0.1) is 0 Å². The second-order valence-electron chi connectivity index (χ2n) is 5.63. The molecule has 1 saturated heterocycles. The maximum atomic E-state index is 12.4. The lowest BCUT2D eigenvalue weighted by molar-refractivity contribution is -0.140. The van der Waals surface area contributed by atoms with Crippen molar-refractivity contribution in [2.45, 2.75) is 18.4 Å². The molecule has 0 unspecified atom stereocenters. The summed E-state index contributed by atoms with van der Waals surface area (Å²) in [7, 11) is 0. The number of nitrogens with two attached hydrogens (primary N) is 1. The number of likely N-dealkylation sites (tertiary alicyclic amines) is 1. The van der Waals surface area contributed by atoms with Crippen LogP contribution in [0, 0.1) is 0 Å². The molecule has 1 aromatic heterocycles. The lowest BCUT2D eigenvalue weighted by Gasteiger charge is -2.35. The Balaban J connectivity index is 1.70. The summed E-state index contributed by atoms with van der Waals surface area (Å²) in [5.41, 5.74) is 5.09. The van der Waals surface area contributed by atoms with Crippen molar-refractivity contribution < 1.29 is 19.2 Å². The molecule has 0 spiro atoms. The zero-order valence-corrected chi connectivity index (χ0v) is 12.4. The Morgan fingerprint density at radius 3 is 2.48 bits per heavy atom.